The van der Waals surface area contributed by atoms with Crippen LogP contribution in [0.1, 0.15) is 10.4 Å². The predicted molar refractivity (Wildman–Crippen MR) is 101 cm³/mol. The average molecular weight is 390 g/mol. The number of anilines is 4. The molecule has 1 heterocycles. The lowest BCUT2D eigenvalue weighted by atomic mass is 10.2. The number of halogens is 2. The number of aromatic nitrogens is 3. The van der Waals surface area contributed by atoms with E-state index < -0.39 is 5.97 Å². The van der Waals surface area contributed by atoms with Gasteiger partial charge in [0.05, 0.1) is 24.6 Å². The number of benzene rings is 2. The van der Waals surface area contributed by atoms with Crippen molar-refractivity contribution in [3.63, 3.8) is 0 Å². The monoisotopic (exact) mass is 389 g/mol. The summed E-state index contributed by atoms with van der Waals surface area (Å²) in [6.07, 6.45) is 1.45. The minimum absolute atomic E-state index is 0.208. The molecule has 0 aliphatic carbocycles. The number of carbonyl (C=O) groups is 1. The molecule has 0 spiro atoms. The Hall–Kier alpha value is -2.90. The van der Waals surface area contributed by atoms with Crippen molar-refractivity contribution in [1.29, 1.82) is 0 Å². The Labute approximate surface area is 159 Å². The highest BCUT2D eigenvalue weighted by atomic mass is 35.5. The van der Waals surface area contributed by atoms with Crippen LogP contribution < -0.4 is 10.6 Å². The van der Waals surface area contributed by atoms with Crippen LogP contribution in [0.4, 0.5) is 23.1 Å². The first-order valence-electron chi connectivity index (χ1n) is 7.42. The Morgan fingerprint density at radius 2 is 1.81 bits per heavy atom. The van der Waals surface area contributed by atoms with Gasteiger partial charge in [0.2, 0.25) is 5.95 Å². The van der Waals surface area contributed by atoms with Crippen LogP contribution in [0.15, 0.2) is 48.7 Å². The summed E-state index contributed by atoms with van der Waals surface area (Å²) in [7, 11) is 1.32. The molecule has 0 saturated heterocycles. The van der Waals surface area contributed by atoms with Gasteiger partial charge < -0.3 is 15.4 Å². The highest BCUT2D eigenvalue weighted by molar-refractivity contribution is 6.35. The fourth-order valence-electron chi connectivity index (χ4n) is 2.19. The van der Waals surface area contributed by atoms with Gasteiger partial charge in [0.15, 0.2) is 5.82 Å². The lowest BCUT2D eigenvalue weighted by molar-refractivity contribution is 0.0602. The first-order chi connectivity index (χ1) is 12.5. The molecule has 3 rings (SSSR count). The highest BCUT2D eigenvalue weighted by Crippen LogP contribution is 2.25. The fourth-order valence-corrected chi connectivity index (χ4v) is 2.72. The van der Waals surface area contributed by atoms with Crippen LogP contribution in [-0.4, -0.2) is 28.3 Å². The van der Waals surface area contributed by atoms with E-state index in [1.54, 1.807) is 42.5 Å². The summed E-state index contributed by atoms with van der Waals surface area (Å²) in [5, 5.41) is 14.8. The molecule has 2 aromatic carbocycles. The van der Waals surface area contributed by atoms with Gasteiger partial charge >= 0.3 is 5.97 Å². The van der Waals surface area contributed by atoms with E-state index in [-0.39, 0.29) is 5.95 Å². The summed E-state index contributed by atoms with van der Waals surface area (Å²) in [5.41, 5.74) is 1.52. The predicted octanol–water partition coefficient (Wildman–Crippen LogP) is 4.45. The first kappa shape index (κ1) is 17.9. The Morgan fingerprint density at radius 3 is 2.54 bits per heavy atom. The molecule has 0 saturated carbocycles. The van der Waals surface area contributed by atoms with Gasteiger partial charge in [-0.15, -0.1) is 5.10 Å². The maximum atomic E-state index is 11.8. The van der Waals surface area contributed by atoms with Crippen molar-refractivity contribution < 1.29 is 9.53 Å². The molecule has 9 heteroatoms. The number of para-hydroxylation sites is 1. The van der Waals surface area contributed by atoms with Crippen LogP contribution in [0.3, 0.4) is 0 Å². The van der Waals surface area contributed by atoms with Crippen molar-refractivity contribution in [2.45, 2.75) is 0 Å². The molecule has 0 radical (unpaired) electrons. The Bertz CT molecular complexity index is 932. The Kier molecular flexibility index (Phi) is 5.50. The zero-order valence-electron chi connectivity index (χ0n) is 13.5. The molecule has 1 aromatic heterocycles. The Morgan fingerprint density at radius 1 is 1.08 bits per heavy atom. The van der Waals surface area contributed by atoms with Crippen LogP contribution in [0.5, 0.6) is 0 Å². The lowest BCUT2D eigenvalue weighted by Crippen LogP contribution is -2.08. The van der Waals surface area contributed by atoms with E-state index in [0.717, 1.165) is 0 Å². The largest absolute Gasteiger partial charge is 0.465 e. The Balaban J connectivity index is 1.83. The van der Waals surface area contributed by atoms with Gasteiger partial charge in [0.25, 0.3) is 0 Å². The third-order valence-corrected chi connectivity index (χ3v) is 3.71. The van der Waals surface area contributed by atoms with Gasteiger partial charge in [-0.2, -0.15) is 10.1 Å². The molecule has 26 heavy (non-hydrogen) atoms. The van der Waals surface area contributed by atoms with Gasteiger partial charge in [0, 0.05) is 15.7 Å². The molecule has 0 bridgehead atoms. The molecule has 3 aromatic rings. The molecule has 0 unspecified atom stereocenters. The molecule has 0 amide bonds. The molecular formula is C17H13Cl2N5O2. The second kappa shape index (κ2) is 7.99. The van der Waals surface area contributed by atoms with Crippen LogP contribution in [0, 0.1) is 0 Å². The van der Waals surface area contributed by atoms with Crippen molar-refractivity contribution in [3.8, 4) is 0 Å². The van der Waals surface area contributed by atoms with Crippen LogP contribution in [0.2, 0.25) is 10.0 Å². The SMILES string of the molecule is COC(=O)c1ccccc1Nc1nncc(Nc2cc(Cl)cc(Cl)c2)n1. The highest BCUT2D eigenvalue weighted by Gasteiger charge is 2.12. The summed E-state index contributed by atoms with van der Waals surface area (Å²) in [6.45, 7) is 0. The molecule has 2 N–H and O–H groups in total. The fraction of sp³-hybridized carbons (Fsp3) is 0.0588. The molecule has 0 atom stereocenters. The molecular weight excluding hydrogens is 377 g/mol. The topological polar surface area (TPSA) is 89.0 Å². The normalized spacial score (nSPS) is 10.3. The van der Waals surface area contributed by atoms with Crippen LogP contribution in [-0.2, 0) is 4.74 Å². The summed E-state index contributed by atoms with van der Waals surface area (Å²) in [5.74, 6) is 0.166. The number of carbonyl (C=O) groups excluding carboxylic acids is 1. The van der Waals surface area contributed by atoms with Gasteiger partial charge in [-0.05, 0) is 30.3 Å². The maximum Gasteiger partial charge on any atom is 0.339 e. The smallest absolute Gasteiger partial charge is 0.339 e. The number of nitrogens with zero attached hydrogens (tertiary/aromatic N) is 3. The van der Waals surface area contributed by atoms with Crippen molar-refractivity contribution in [2.24, 2.45) is 0 Å². The van der Waals surface area contributed by atoms with E-state index in [1.165, 1.54) is 13.3 Å². The van der Waals surface area contributed by atoms with E-state index in [1.807, 2.05) is 0 Å². The van der Waals surface area contributed by atoms with Gasteiger partial charge in [-0.1, -0.05) is 35.3 Å². The van der Waals surface area contributed by atoms with E-state index in [4.69, 9.17) is 27.9 Å². The molecule has 0 aliphatic heterocycles. The van der Waals surface area contributed by atoms with Gasteiger partial charge in [-0.25, -0.2) is 4.79 Å². The number of rotatable bonds is 5. The number of ether oxygens (including phenoxy) is 1. The van der Waals surface area contributed by atoms with Crippen LogP contribution in [0.25, 0.3) is 0 Å². The van der Waals surface area contributed by atoms with E-state index in [2.05, 4.69) is 25.8 Å². The maximum absolute atomic E-state index is 11.8. The molecule has 0 aliphatic rings. The number of hydrogen-bond donors (Lipinski definition) is 2. The lowest BCUT2D eigenvalue weighted by Gasteiger charge is -2.10. The standard InChI is InChI=1S/C17H13Cl2N5O2/c1-26-16(25)13-4-2-3-5-14(13)22-17-23-15(9-20-24-17)21-12-7-10(18)6-11(19)8-12/h2-9H,1H3,(H2,21,22,23,24). The van der Waals surface area contributed by atoms with E-state index >= 15 is 0 Å². The number of nitrogens with one attached hydrogen (secondary N) is 2. The van der Waals surface area contributed by atoms with Crippen molar-refractivity contribution in [1.82, 2.24) is 15.2 Å². The summed E-state index contributed by atoms with van der Waals surface area (Å²) < 4.78 is 4.77. The quantitative estimate of drug-likeness (QED) is 0.622. The molecule has 132 valence electrons. The third kappa shape index (κ3) is 4.38. The van der Waals surface area contributed by atoms with Crippen molar-refractivity contribution >= 4 is 52.3 Å². The van der Waals surface area contributed by atoms with Crippen molar-refractivity contribution in [3.05, 3.63) is 64.3 Å². The van der Waals surface area contributed by atoms with Gasteiger partial charge in [-0.3, -0.25) is 0 Å². The first-order valence-corrected chi connectivity index (χ1v) is 8.18. The summed E-state index contributed by atoms with van der Waals surface area (Å²) >= 11 is 12.0. The number of hydrogen-bond acceptors (Lipinski definition) is 7. The summed E-state index contributed by atoms with van der Waals surface area (Å²) in [6, 6.07) is 11.9. The number of esters is 1. The van der Waals surface area contributed by atoms with E-state index in [0.29, 0.717) is 32.8 Å². The average Bonchev–Trinajstić information content (AvgIpc) is 2.61. The molecule has 0 fully saturated rings. The van der Waals surface area contributed by atoms with Crippen molar-refractivity contribution in [2.75, 3.05) is 17.7 Å². The zero-order valence-corrected chi connectivity index (χ0v) is 15.0. The minimum Gasteiger partial charge on any atom is -0.465 e. The van der Waals surface area contributed by atoms with E-state index in [9.17, 15) is 4.79 Å². The molecule has 7 nitrogen and oxygen atoms in total. The zero-order chi connectivity index (χ0) is 18.5. The van der Waals surface area contributed by atoms with Crippen LogP contribution >= 0.6 is 23.2 Å². The third-order valence-electron chi connectivity index (χ3n) is 3.27. The van der Waals surface area contributed by atoms with Gasteiger partial charge in [0.1, 0.15) is 0 Å². The second-order valence-electron chi connectivity index (χ2n) is 5.11. The number of methoxy groups -OCH3 is 1. The summed E-state index contributed by atoms with van der Waals surface area (Å²) in [4.78, 5) is 16.2. The minimum atomic E-state index is -0.469. The second-order valence-corrected chi connectivity index (χ2v) is 5.98.